The molecule has 0 N–H and O–H groups in total. The Bertz CT molecular complexity index is 968. The summed E-state index contributed by atoms with van der Waals surface area (Å²) in [5.74, 6) is -0.164. The minimum absolute atomic E-state index is 0.164. The Morgan fingerprint density at radius 2 is 1.74 bits per heavy atom. The maximum Gasteiger partial charge on any atom is 0.123 e. The second kappa shape index (κ2) is 7.12. The van der Waals surface area contributed by atoms with Gasteiger partial charge in [-0.1, -0.05) is 31.2 Å². The van der Waals surface area contributed by atoms with Gasteiger partial charge in [0.15, 0.2) is 0 Å². The van der Waals surface area contributed by atoms with Crippen LogP contribution in [0, 0.1) is 19.7 Å². The molecule has 27 heavy (non-hydrogen) atoms. The molecule has 1 aliphatic rings. The maximum atomic E-state index is 13.2. The van der Waals surface area contributed by atoms with Crippen LogP contribution in [0.5, 0.6) is 0 Å². The number of likely N-dealkylation sites (N-methyl/N-ethyl adjacent to an activating group) is 1. The fraction of sp³-hybridized carbons (Fsp3) is 0.417. The number of hydrogen-bond donors (Lipinski definition) is 0. The maximum absolute atomic E-state index is 13.2. The average Bonchev–Trinajstić information content (AvgIpc) is 2.98. The molecule has 2 aromatic carbocycles. The first kappa shape index (κ1) is 18.2. The molecule has 1 aliphatic heterocycles. The zero-order valence-corrected chi connectivity index (χ0v) is 16.8. The summed E-state index contributed by atoms with van der Waals surface area (Å²) in [7, 11) is 0. The smallest absolute Gasteiger partial charge is 0.123 e. The Labute approximate surface area is 161 Å². The lowest BCUT2D eigenvalue weighted by Crippen LogP contribution is -2.38. The van der Waals surface area contributed by atoms with Gasteiger partial charge < -0.3 is 4.57 Å². The van der Waals surface area contributed by atoms with Crippen LogP contribution in [0.3, 0.4) is 0 Å². The van der Waals surface area contributed by atoms with Crippen LogP contribution >= 0.6 is 0 Å². The SMILES string of the molecule is CCN1Cc2c(n(CCc3ccc(F)cc3)c3c(C)ccc(C)c23)CC1C. The zero-order chi connectivity index (χ0) is 19.1. The second-order valence-corrected chi connectivity index (χ2v) is 7.99. The molecule has 2 heterocycles. The lowest BCUT2D eigenvalue weighted by molar-refractivity contribution is 0.192. The van der Waals surface area contributed by atoms with Crippen molar-refractivity contribution in [3.8, 4) is 0 Å². The number of aryl methyl sites for hydroxylation is 4. The fourth-order valence-electron chi connectivity index (χ4n) is 4.70. The highest BCUT2D eigenvalue weighted by Crippen LogP contribution is 2.36. The summed E-state index contributed by atoms with van der Waals surface area (Å²) in [6.07, 6.45) is 2.02. The van der Waals surface area contributed by atoms with E-state index >= 15 is 0 Å². The molecule has 1 unspecified atom stereocenters. The molecule has 4 rings (SSSR count). The highest BCUT2D eigenvalue weighted by Gasteiger charge is 2.28. The van der Waals surface area contributed by atoms with Crippen LogP contribution in [0.4, 0.5) is 4.39 Å². The average molecular weight is 365 g/mol. The highest BCUT2D eigenvalue weighted by atomic mass is 19.1. The van der Waals surface area contributed by atoms with Crippen molar-refractivity contribution in [1.82, 2.24) is 9.47 Å². The summed E-state index contributed by atoms with van der Waals surface area (Å²) in [4.78, 5) is 2.58. The molecule has 3 aromatic rings. The summed E-state index contributed by atoms with van der Waals surface area (Å²) in [6, 6.07) is 12.0. The number of nitrogens with zero attached hydrogens (tertiary/aromatic N) is 2. The molecule has 0 bridgehead atoms. The first-order valence-corrected chi connectivity index (χ1v) is 10.1. The monoisotopic (exact) mass is 364 g/mol. The van der Waals surface area contributed by atoms with Crippen molar-refractivity contribution >= 4 is 10.9 Å². The predicted octanol–water partition coefficient (Wildman–Crippen LogP) is 5.41. The molecule has 142 valence electrons. The number of fused-ring (bicyclic) bond motifs is 3. The van der Waals surface area contributed by atoms with Crippen molar-refractivity contribution in [2.45, 2.75) is 59.7 Å². The number of aromatic nitrogens is 1. The lowest BCUT2D eigenvalue weighted by Gasteiger charge is -2.33. The molecule has 0 radical (unpaired) electrons. The third kappa shape index (κ3) is 3.19. The number of rotatable bonds is 4. The Morgan fingerprint density at radius 1 is 1.04 bits per heavy atom. The minimum atomic E-state index is -0.164. The lowest BCUT2D eigenvalue weighted by atomic mass is 9.97. The molecule has 0 saturated carbocycles. The third-order valence-electron chi connectivity index (χ3n) is 6.25. The van der Waals surface area contributed by atoms with E-state index in [2.05, 4.69) is 49.3 Å². The van der Waals surface area contributed by atoms with Gasteiger partial charge in [-0.05, 0) is 68.1 Å². The Morgan fingerprint density at radius 3 is 2.44 bits per heavy atom. The van der Waals surface area contributed by atoms with E-state index in [9.17, 15) is 4.39 Å². The number of benzene rings is 2. The van der Waals surface area contributed by atoms with E-state index in [0.717, 1.165) is 32.5 Å². The van der Waals surface area contributed by atoms with Crippen LogP contribution in [-0.4, -0.2) is 22.1 Å². The molecular weight excluding hydrogens is 335 g/mol. The van der Waals surface area contributed by atoms with Gasteiger partial charge in [-0.25, -0.2) is 4.39 Å². The summed E-state index contributed by atoms with van der Waals surface area (Å²) >= 11 is 0. The largest absolute Gasteiger partial charge is 0.344 e. The van der Waals surface area contributed by atoms with Gasteiger partial charge in [-0.2, -0.15) is 0 Å². The molecule has 3 heteroatoms. The summed E-state index contributed by atoms with van der Waals surface area (Å²) in [5.41, 5.74) is 8.33. The van der Waals surface area contributed by atoms with Gasteiger partial charge in [0.1, 0.15) is 5.82 Å². The van der Waals surface area contributed by atoms with E-state index in [0.29, 0.717) is 6.04 Å². The van der Waals surface area contributed by atoms with Crippen LogP contribution in [0.1, 0.15) is 41.8 Å². The van der Waals surface area contributed by atoms with Crippen LogP contribution in [0.2, 0.25) is 0 Å². The molecule has 1 atom stereocenters. The normalized spacial score (nSPS) is 17.4. The van der Waals surface area contributed by atoms with Gasteiger partial charge in [-0.15, -0.1) is 0 Å². The molecule has 2 nitrogen and oxygen atoms in total. The topological polar surface area (TPSA) is 8.17 Å². The Balaban J connectivity index is 1.81. The van der Waals surface area contributed by atoms with E-state index in [4.69, 9.17) is 0 Å². The third-order valence-corrected chi connectivity index (χ3v) is 6.25. The second-order valence-electron chi connectivity index (χ2n) is 7.99. The standard InChI is InChI=1S/C24H29FN2/c1-5-26-15-21-22(14-18(26)4)27(13-12-19-8-10-20(25)11-9-19)24-17(3)7-6-16(2)23(21)24/h6-11,18H,5,12-15H2,1-4H3. The van der Waals surface area contributed by atoms with E-state index < -0.39 is 0 Å². The van der Waals surface area contributed by atoms with Crippen molar-refractivity contribution in [3.05, 3.63) is 70.2 Å². The molecule has 0 fully saturated rings. The highest BCUT2D eigenvalue weighted by molar-refractivity contribution is 5.91. The van der Waals surface area contributed by atoms with Gasteiger partial charge in [0.2, 0.25) is 0 Å². The Kier molecular flexibility index (Phi) is 4.81. The summed E-state index contributed by atoms with van der Waals surface area (Å²) in [5, 5.41) is 1.45. The van der Waals surface area contributed by atoms with E-state index in [1.165, 1.54) is 38.9 Å². The first-order valence-electron chi connectivity index (χ1n) is 10.1. The van der Waals surface area contributed by atoms with E-state index in [-0.39, 0.29) is 5.82 Å². The molecule has 0 saturated heterocycles. The molecule has 0 spiro atoms. The Hall–Kier alpha value is -2.13. The van der Waals surface area contributed by atoms with Crippen molar-refractivity contribution in [2.24, 2.45) is 0 Å². The summed E-state index contributed by atoms with van der Waals surface area (Å²) < 4.78 is 15.8. The molecular formula is C24H29FN2. The van der Waals surface area contributed by atoms with Gasteiger partial charge in [-0.3, -0.25) is 4.90 Å². The molecule has 0 aliphatic carbocycles. The first-order chi connectivity index (χ1) is 13.0. The zero-order valence-electron chi connectivity index (χ0n) is 16.8. The van der Waals surface area contributed by atoms with Crippen LogP contribution in [-0.2, 0) is 25.9 Å². The summed E-state index contributed by atoms with van der Waals surface area (Å²) in [6.45, 7) is 12.1. The number of hydrogen-bond acceptors (Lipinski definition) is 1. The van der Waals surface area contributed by atoms with Crippen LogP contribution < -0.4 is 0 Å². The van der Waals surface area contributed by atoms with Gasteiger partial charge in [0.25, 0.3) is 0 Å². The fourth-order valence-corrected chi connectivity index (χ4v) is 4.70. The van der Waals surface area contributed by atoms with E-state index in [1.807, 2.05) is 12.1 Å². The van der Waals surface area contributed by atoms with Crippen LogP contribution in [0.25, 0.3) is 10.9 Å². The van der Waals surface area contributed by atoms with Gasteiger partial charge in [0, 0.05) is 36.6 Å². The molecule has 0 amide bonds. The van der Waals surface area contributed by atoms with Crippen molar-refractivity contribution < 1.29 is 4.39 Å². The quantitative estimate of drug-likeness (QED) is 0.601. The van der Waals surface area contributed by atoms with Crippen LogP contribution in [0.15, 0.2) is 36.4 Å². The number of halogens is 1. The van der Waals surface area contributed by atoms with E-state index in [1.54, 1.807) is 12.1 Å². The van der Waals surface area contributed by atoms with Crippen molar-refractivity contribution in [1.29, 1.82) is 0 Å². The van der Waals surface area contributed by atoms with Gasteiger partial charge >= 0.3 is 0 Å². The van der Waals surface area contributed by atoms with Gasteiger partial charge in [0.05, 0.1) is 5.52 Å². The van der Waals surface area contributed by atoms with Crippen molar-refractivity contribution in [2.75, 3.05) is 6.54 Å². The predicted molar refractivity (Wildman–Crippen MR) is 111 cm³/mol. The minimum Gasteiger partial charge on any atom is -0.344 e. The van der Waals surface area contributed by atoms with Crippen molar-refractivity contribution in [3.63, 3.8) is 0 Å². The molecule has 1 aromatic heterocycles.